The summed E-state index contributed by atoms with van der Waals surface area (Å²) >= 11 is 5.99. The van der Waals surface area contributed by atoms with E-state index in [1.54, 1.807) is 12.1 Å². The fourth-order valence-electron chi connectivity index (χ4n) is 1.53. The molecule has 0 aliphatic carbocycles. The van der Waals surface area contributed by atoms with Gasteiger partial charge in [-0.05, 0) is 32.9 Å². The van der Waals surface area contributed by atoms with Gasteiger partial charge in [0.15, 0.2) is 11.5 Å². The second-order valence-corrected chi connectivity index (χ2v) is 5.41. The lowest BCUT2D eigenvalue weighted by Crippen LogP contribution is -2.50. The summed E-state index contributed by atoms with van der Waals surface area (Å²) in [6, 6.07) is 3.14. The number of ether oxygens (including phenoxy) is 2. The lowest BCUT2D eigenvalue weighted by Gasteiger charge is -2.31. The van der Waals surface area contributed by atoms with Crippen LogP contribution in [0.15, 0.2) is 12.1 Å². The Hall–Kier alpha value is -1.46. The van der Waals surface area contributed by atoms with Crippen LogP contribution in [0, 0.1) is 0 Å². The summed E-state index contributed by atoms with van der Waals surface area (Å²) in [6.07, 6.45) is 0. The molecule has 0 bridgehead atoms. The summed E-state index contributed by atoms with van der Waals surface area (Å²) < 4.78 is 10.4. The lowest BCUT2D eigenvalue weighted by atomic mass is 10.1. The highest BCUT2D eigenvalue weighted by Crippen LogP contribution is 2.38. The normalized spacial score (nSPS) is 11.1. The van der Waals surface area contributed by atoms with Gasteiger partial charge in [-0.15, -0.1) is 0 Å². The monoisotopic (exact) mass is 286 g/mol. The van der Waals surface area contributed by atoms with E-state index in [9.17, 15) is 4.79 Å². The van der Waals surface area contributed by atoms with Crippen molar-refractivity contribution < 1.29 is 14.3 Å². The van der Waals surface area contributed by atoms with Crippen LogP contribution in [-0.4, -0.2) is 30.7 Å². The number of hydrogen-bond acceptors (Lipinski definition) is 4. The topological polar surface area (TPSA) is 64.8 Å². The largest absolute Gasteiger partial charge is 0.492 e. The molecule has 0 aliphatic rings. The molecule has 2 N–H and O–H groups in total. The van der Waals surface area contributed by atoms with Crippen molar-refractivity contribution in [2.45, 2.75) is 26.3 Å². The van der Waals surface area contributed by atoms with Gasteiger partial charge in [0, 0.05) is 0 Å². The molecule has 0 spiro atoms. The highest BCUT2D eigenvalue weighted by Gasteiger charge is 2.28. The number of nitrogens with zero attached hydrogens (tertiary/aromatic N) is 1. The van der Waals surface area contributed by atoms with E-state index < -0.39 is 5.54 Å². The van der Waals surface area contributed by atoms with Gasteiger partial charge in [0.2, 0.25) is 0 Å². The minimum Gasteiger partial charge on any atom is -0.492 e. The fraction of sp³-hybridized carbons (Fsp3) is 0.462. The Morgan fingerprint density at radius 1 is 1.21 bits per heavy atom. The molecule has 0 saturated heterocycles. The number of rotatable bonds is 3. The maximum atomic E-state index is 12.4. The second kappa shape index (κ2) is 5.67. The van der Waals surface area contributed by atoms with Crippen LogP contribution < -0.4 is 15.3 Å². The zero-order valence-corrected chi connectivity index (χ0v) is 12.5. The van der Waals surface area contributed by atoms with Crippen LogP contribution in [0.5, 0.6) is 11.5 Å². The Balaban J connectivity index is 3.32. The first-order chi connectivity index (χ1) is 8.73. The third-order valence-electron chi connectivity index (χ3n) is 2.64. The Bertz CT molecular complexity index is 484. The first-order valence-corrected chi connectivity index (χ1v) is 6.11. The predicted octanol–water partition coefficient (Wildman–Crippen LogP) is 2.47. The first-order valence-electron chi connectivity index (χ1n) is 5.73. The molecule has 0 heterocycles. The molecule has 0 atom stereocenters. The van der Waals surface area contributed by atoms with Crippen LogP contribution in [0.4, 0.5) is 0 Å². The Morgan fingerprint density at radius 2 is 1.74 bits per heavy atom. The number of carbonyl (C=O) groups excluding carboxylic acids is 1. The van der Waals surface area contributed by atoms with Crippen LogP contribution in [-0.2, 0) is 0 Å². The number of hydrazine groups is 1. The van der Waals surface area contributed by atoms with Gasteiger partial charge in [0.25, 0.3) is 5.91 Å². The van der Waals surface area contributed by atoms with Gasteiger partial charge in [0.05, 0.1) is 30.3 Å². The fourth-order valence-corrected chi connectivity index (χ4v) is 1.76. The van der Waals surface area contributed by atoms with Crippen molar-refractivity contribution in [2.75, 3.05) is 14.2 Å². The van der Waals surface area contributed by atoms with Gasteiger partial charge in [-0.25, -0.2) is 5.84 Å². The Morgan fingerprint density at radius 3 is 2.16 bits per heavy atom. The van der Waals surface area contributed by atoms with Crippen LogP contribution in [0.25, 0.3) is 0 Å². The van der Waals surface area contributed by atoms with E-state index in [0.717, 1.165) is 5.01 Å². The van der Waals surface area contributed by atoms with E-state index in [4.69, 9.17) is 26.9 Å². The molecule has 19 heavy (non-hydrogen) atoms. The van der Waals surface area contributed by atoms with Gasteiger partial charge >= 0.3 is 0 Å². The van der Waals surface area contributed by atoms with E-state index >= 15 is 0 Å². The number of nitrogens with two attached hydrogens (primary N) is 1. The van der Waals surface area contributed by atoms with Crippen LogP contribution in [0.3, 0.4) is 0 Å². The maximum absolute atomic E-state index is 12.4. The summed E-state index contributed by atoms with van der Waals surface area (Å²) in [5.74, 6) is 6.07. The SMILES string of the molecule is COc1c(Cl)ccc(C(=O)N(N)C(C)(C)C)c1OC. The molecule has 106 valence electrons. The summed E-state index contributed by atoms with van der Waals surface area (Å²) in [5, 5.41) is 1.52. The zero-order valence-electron chi connectivity index (χ0n) is 11.8. The molecule has 6 heteroatoms. The summed E-state index contributed by atoms with van der Waals surface area (Å²) in [6.45, 7) is 5.51. The average Bonchev–Trinajstić information content (AvgIpc) is 2.35. The third-order valence-corrected chi connectivity index (χ3v) is 2.94. The Kier molecular flexibility index (Phi) is 4.66. The molecule has 0 saturated carbocycles. The molecule has 0 fully saturated rings. The molecule has 0 aromatic heterocycles. The van der Waals surface area contributed by atoms with Crippen molar-refractivity contribution in [3.8, 4) is 11.5 Å². The van der Waals surface area contributed by atoms with Gasteiger partial charge in [-0.3, -0.25) is 9.80 Å². The maximum Gasteiger partial charge on any atom is 0.272 e. The number of amides is 1. The molecular weight excluding hydrogens is 268 g/mol. The van der Waals surface area contributed by atoms with Crippen LogP contribution in [0.2, 0.25) is 5.02 Å². The summed E-state index contributed by atoms with van der Waals surface area (Å²) in [5.41, 5.74) is -0.198. The van der Waals surface area contributed by atoms with Crippen molar-refractivity contribution in [1.82, 2.24) is 5.01 Å². The zero-order chi connectivity index (χ0) is 14.8. The van der Waals surface area contributed by atoms with Crippen molar-refractivity contribution in [1.29, 1.82) is 0 Å². The minimum absolute atomic E-state index is 0.278. The smallest absolute Gasteiger partial charge is 0.272 e. The predicted molar refractivity (Wildman–Crippen MR) is 74.7 cm³/mol. The molecule has 1 amide bonds. The third kappa shape index (κ3) is 3.11. The molecule has 0 aliphatic heterocycles. The average molecular weight is 287 g/mol. The van der Waals surface area contributed by atoms with Crippen LogP contribution in [0.1, 0.15) is 31.1 Å². The van der Waals surface area contributed by atoms with Gasteiger partial charge < -0.3 is 9.47 Å². The lowest BCUT2D eigenvalue weighted by molar-refractivity contribution is 0.0578. The first kappa shape index (κ1) is 15.6. The van der Waals surface area contributed by atoms with Crippen molar-refractivity contribution in [2.24, 2.45) is 5.84 Å². The van der Waals surface area contributed by atoms with E-state index in [0.29, 0.717) is 16.3 Å². The van der Waals surface area contributed by atoms with Gasteiger partial charge in [-0.2, -0.15) is 0 Å². The van der Waals surface area contributed by atoms with Crippen LogP contribution >= 0.6 is 11.6 Å². The molecule has 0 radical (unpaired) electrons. The molecule has 1 aromatic carbocycles. The minimum atomic E-state index is -0.505. The molecule has 1 aromatic rings. The van der Waals surface area contributed by atoms with Crippen molar-refractivity contribution >= 4 is 17.5 Å². The molecule has 0 unspecified atom stereocenters. The van der Waals surface area contributed by atoms with Crippen molar-refractivity contribution in [3.05, 3.63) is 22.7 Å². The highest BCUT2D eigenvalue weighted by atomic mass is 35.5. The number of benzene rings is 1. The quantitative estimate of drug-likeness (QED) is 0.527. The highest BCUT2D eigenvalue weighted by molar-refractivity contribution is 6.32. The standard InChI is InChI=1S/C13H19ClN2O3/c1-13(2,3)16(15)12(17)8-6-7-9(14)11(19-5)10(8)18-4/h6-7H,15H2,1-5H3. The summed E-state index contributed by atoms with van der Waals surface area (Å²) in [7, 11) is 2.91. The second-order valence-electron chi connectivity index (χ2n) is 5.01. The molecular formula is C13H19ClN2O3. The van der Waals surface area contributed by atoms with Gasteiger partial charge in [-0.1, -0.05) is 11.6 Å². The van der Waals surface area contributed by atoms with E-state index in [1.165, 1.54) is 14.2 Å². The molecule has 1 rings (SSSR count). The number of carbonyl (C=O) groups is 1. The molecule has 5 nitrogen and oxygen atoms in total. The number of hydrogen-bond donors (Lipinski definition) is 1. The van der Waals surface area contributed by atoms with E-state index in [-0.39, 0.29) is 11.7 Å². The number of methoxy groups -OCH3 is 2. The van der Waals surface area contributed by atoms with Gasteiger partial charge in [0.1, 0.15) is 0 Å². The van der Waals surface area contributed by atoms with E-state index in [2.05, 4.69) is 0 Å². The van der Waals surface area contributed by atoms with E-state index in [1.807, 2.05) is 20.8 Å². The Labute approximate surface area is 118 Å². The van der Waals surface area contributed by atoms with Crippen molar-refractivity contribution in [3.63, 3.8) is 0 Å². The number of halogens is 1. The summed E-state index contributed by atoms with van der Waals surface area (Å²) in [4.78, 5) is 12.4.